The number of nitrogens with one attached hydrogen (secondary N) is 1. The first-order valence-electron chi connectivity index (χ1n) is 5.83. The zero-order valence-electron chi connectivity index (χ0n) is 10.8. The van der Waals surface area contributed by atoms with Crippen LogP contribution in [0.15, 0.2) is 34.2 Å². The van der Waals surface area contributed by atoms with Gasteiger partial charge in [-0.15, -0.1) is 11.3 Å². The summed E-state index contributed by atoms with van der Waals surface area (Å²) in [6.45, 7) is 0.846. The van der Waals surface area contributed by atoms with E-state index in [1.165, 1.54) is 11.3 Å². The lowest BCUT2D eigenvalue weighted by molar-refractivity contribution is 0.101. The van der Waals surface area contributed by atoms with E-state index in [4.69, 9.17) is 9.47 Å². The molecule has 1 heterocycles. The molecule has 0 bridgehead atoms. The van der Waals surface area contributed by atoms with Crippen molar-refractivity contribution in [3.8, 4) is 5.75 Å². The Bertz CT molecular complexity index is 575. The predicted octanol–water partition coefficient (Wildman–Crippen LogP) is 3.18. The number of nitrogens with zero attached hydrogens (tertiary/aromatic N) is 1. The van der Waals surface area contributed by atoms with Crippen LogP contribution < -0.4 is 10.1 Å². The summed E-state index contributed by atoms with van der Waals surface area (Å²) in [5.74, 6) is 0.257. The van der Waals surface area contributed by atoms with Crippen molar-refractivity contribution in [1.29, 1.82) is 0 Å². The normalized spacial score (nSPS) is 10.3. The summed E-state index contributed by atoms with van der Waals surface area (Å²) in [5, 5.41) is 5.08. The fraction of sp³-hybridized carbons (Fsp3) is 0.231. The highest BCUT2D eigenvalue weighted by Crippen LogP contribution is 2.24. The Morgan fingerprint density at radius 1 is 1.45 bits per heavy atom. The maximum absolute atomic E-state index is 12.2. The van der Waals surface area contributed by atoms with Gasteiger partial charge in [0.2, 0.25) is 0 Å². The molecule has 20 heavy (non-hydrogen) atoms. The second-order valence-corrected chi connectivity index (χ2v) is 5.58. The van der Waals surface area contributed by atoms with Crippen LogP contribution in [0, 0.1) is 0 Å². The number of benzene rings is 1. The molecule has 1 aromatic heterocycles. The van der Waals surface area contributed by atoms with E-state index in [0.29, 0.717) is 29.7 Å². The van der Waals surface area contributed by atoms with Gasteiger partial charge in [-0.3, -0.25) is 10.1 Å². The van der Waals surface area contributed by atoms with Gasteiger partial charge in [-0.25, -0.2) is 4.98 Å². The van der Waals surface area contributed by atoms with Crippen molar-refractivity contribution in [3.05, 3.63) is 39.8 Å². The van der Waals surface area contributed by atoms with Crippen LogP contribution in [0.25, 0.3) is 0 Å². The summed E-state index contributed by atoms with van der Waals surface area (Å²) in [6, 6.07) is 5.28. The Hall–Kier alpha value is -1.44. The number of halogens is 1. The Morgan fingerprint density at radius 3 is 3.00 bits per heavy atom. The van der Waals surface area contributed by atoms with Crippen LogP contribution in [-0.2, 0) is 4.74 Å². The SMILES string of the molecule is COCCOc1ccc(Br)cc1C(=O)Nc1nccs1. The second kappa shape index (κ2) is 7.37. The molecule has 0 fully saturated rings. The number of rotatable bonds is 6. The summed E-state index contributed by atoms with van der Waals surface area (Å²) in [6.07, 6.45) is 1.64. The van der Waals surface area contributed by atoms with Crippen LogP contribution in [-0.4, -0.2) is 31.2 Å². The number of aromatic nitrogens is 1. The first kappa shape index (κ1) is 15.0. The second-order valence-electron chi connectivity index (χ2n) is 3.77. The van der Waals surface area contributed by atoms with E-state index in [0.717, 1.165) is 4.47 Å². The standard InChI is InChI=1S/C13H13BrN2O3S/c1-18-5-6-19-11-3-2-9(14)8-10(11)12(17)16-13-15-4-7-20-13/h2-4,7-8H,5-6H2,1H3,(H,15,16,17). The molecule has 0 atom stereocenters. The van der Waals surface area contributed by atoms with E-state index >= 15 is 0 Å². The van der Waals surface area contributed by atoms with Crippen molar-refractivity contribution >= 4 is 38.3 Å². The zero-order chi connectivity index (χ0) is 14.4. The van der Waals surface area contributed by atoms with E-state index in [-0.39, 0.29) is 5.91 Å². The van der Waals surface area contributed by atoms with Gasteiger partial charge in [-0.05, 0) is 18.2 Å². The summed E-state index contributed by atoms with van der Waals surface area (Å²) in [4.78, 5) is 16.3. The highest BCUT2D eigenvalue weighted by Gasteiger charge is 2.14. The number of amides is 1. The molecule has 0 unspecified atom stereocenters. The average molecular weight is 357 g/mol. The molecule has 1 aromatic carbocycles. The van der Waals surface area contributed by atoms with Crippen LogP contribution in [0.5, 0.6) is 5.75 Å². The third kappa shape index (κ3) is 4.03. The van der Waals surface area contributed by atoms with Gasteiger partial charge >= 0.3 is 0 Å². The predicted molar refractivity (Wildman–Crippen MR) is 81.6 cm³/mol. The molecule has 7 heteroatoms. The molecular weight excluding hydrogens is 344 g/mol. The van der Waals surface area contributed by atoms with E-state index in [1.807, 2.05) is 6.07 Å². The molecule has 5 nitrogen and oxygen atoms in total. The van der Waals surface area contributed by atoms with E-state index in [2.05, 4.69) is 26.2 Å². The van der Waals surface area contributed by atoms with Crippen molar-refractivity contribution in [2.75, 3.05) is 25.6 Å². The number of carbonyl (C=O) groups is 1. The fourth-order valence-corrected chi connectivity index (χ4v) is 2.38. The minimum atomic E-state index is -0.256. The summed E-state index contributed by atoms with van der Waals surface area (Å²) in [5.41, 5.74) is 0.450. The maximum atomic E-state index is 12.2. The summed E-state index contributed by atoms with van der Waals surface area (Å²) >= 11 is 4.71. The summed E-state index contributed by atoms with van der Waals surface area (Å²) < 4.78 is 11.3. The quantitative estimate of drug-likeness (QED) is 0.807. The van der Waals surface area contributed by atoms with Crippen LogP contribution >= 0.6 is 27.3 Å². The van der Waals surface area contributed by atoms with Gasteiger partial charge in [0.25, 0.3) is 5.91 Å². The number of carbonyl (C=O) groups excluding carboxylic acids is 1. The van der Waals surface area contributed by atoms with Crippen molar-refractivity contribution < 1.29 is 14.3 Å². The van der Waals surface area contributed by atoms with Crippen LogP contribution in [0.2, 0.25) is 0 Å². The highest BCUT2D eigenvalue weighted by atomic mass is 79.9. The third-order valence-corrected chi connectivity index (χ3v) is 3.57. The van der Waals surface area contributed by atoms with E-state index in [1.54, 1.807) is 30.8 Å². The molecule has 106 valence electrons. The van der Waals surface area contributed by atoms with Gasteiger partial charge in [0, 0.05) is 23.2 Å². The first-order valence-corrected chi connectivity index (χ1v) is 7.50. The smallest absolute Gasteiger partial charge is 0.261 e. The third-order valence-electron chi connectivity index (χ3n) is 2.38. The molecular formula is C13H13BrN2O3S. The molecule has 0 spiro atoms. The van der Waals surface area contributed by atoms with Gasteiger partial charge in [-0.2, -0.15) is 0 Å². The van der Waals surface area contributed by atoms with Gasteiger partial charge in [0.05, 0.1) is 12.2 Å². The Labute approximate surface area is 129 Å². The lowest BCUT2D eigenvalue weighted by atomic mass is 10.2. The minimum absolute atomic E-state index is 0.256. The molecule has 0 aliphatic carbocycles. The number of anilines is 1. The highest BCUT2D eigenvalue weighted by molar-refractivity contribution is 9.10. The molecule has 0 saturated carbocycles. The van der Waals surface area contributed by atoms with Crippen molar-refractivity contribution in [2.45, 2.75) is 0 Å². The Balaban J connectivity index is 2.15. The molecule has 2 rings (SSSR count). The van der Waals surface area contributed by atoms with Crippen molar-refractivity contribution in [2.24, 2.45) is 0 Å². The van der Waals surface area contributed by atoms with Crippen LogP contribution in [0.1, 0.15) is 10.4 Å². The monoisotopic (exact) mass is 356 g/mol. The van der Waals surface area contributed by atoms with Crippen LogP contribution in [0.4, 0.5) is 5.13 Å². The zero-order valence-corrected chi connectivity index (χ0v) is 13.2. The van der Waals surface area contributed by atoms with Gasteiger partial charge in [-0.1, -0.05) is 15.9 Å². The number of methoxy groups -OCH3 is 1. The van der Waals surface area contributed by atoms with Gasteiger partial charge < -0.3 is 9.47 Å². The van der Waals surface area contributed by atoms with Crippen LogP contribution in [0.3, 0.4) is 0 Å². The molecule has 1 N–H and O–H groups in total. The number of hydrogen-bond donors (Lipinski definition) is 1. The lowest BCUT2D eigenvalue weighted by Crippen LogP contribution is -2.14. The lowest BCUT2D eigenvalue weighted by Gasteiger charge is -2.11. The number of hydrogen-bond acceptors (Lipinski definition) is 5. The largest absolute Gasteiger partial charge is 0.490 e. The minimum Gasteiger partial charge on any atom is -0.490 e. The van der Waals surface area contributed by atoms with E-state index in [9.17, 15) is 4.79 Å². The molecule has 2 aromatic rings. The Kier molecular flexibility index (Phi) is 5.51. The fourth-order valence-electron chi connectivity index (χ4n) is 1.49. The summed E-state index contributed by atoms with van der Waals surface area (Å²) in [7, 11) is 1.60. The van der Waals surface area contributed by atoms with Gasteiger partial charge in [0.15, 0.2) is 5.13 Å². The molecule has 0 aliphatic heterocycles. The first-order chi connectivity index (χ1) is 9.70. The average Bonchev–Trinajstić information content (AvgIpc) is 2.93. The number of ether oxygens (including phenoxy) is 2. The van der Waals surface area contributed by atoms with Crippen molar-refractivity contribution in [3.63, 3.8) is 0 Å². The molecule has 1 amide bonds. The maximum Gasteiger partial charge on any atom is 0.261 e. The molecule has 0 aliphatic rings. The van der Waals surface area contributed by atoms with Gasteiger partial charge in [0.1, 0.15) is 12.4 Å². The number of thiazole rings is 1. The van der Waals surface area contributed by atoms with Crippen molar-refractivity contribution in [1.82, 2.24) is 4.98 Å². The van der Waals surface area contributed by atoms with E-state index < -0.39 is 0 Å². The molecule has 0 radical (unpaired) electrons. The molecule has 0 saturated heterocycles. The topological polar surface area (TPSA) is 60.5 Å². The Morgan fingerprint density at radius 2 is 2.30 bits per heavy atom.